The summed E-state index contributed by atoms with van der Waals surface area (Å²) in [5, 5.41) is 15.1. The number of thiocarbonyl (C=S) groups is 1. The van der Waals surface area contributed by atoms with Gasteiger partial charge in [0.15, 0.2) is 5.11 Å². The molecule has 0 fully saturated rings. The summed E-state index contributed by atoms with van der Waals surface area (Å²) in [6.07, 6.45) is 3.03. The summed E-state index contributed by atoms with van der Waals surface area (Å²) in [4.78, 5) is 11.9. The molecule has 0 aliphatic carbocycles. The molecule has 0 unspecified atom stereocenters. The Morgan fingerprint density at radius 3 is 2.62 bits per heavy atom. The molecule has 24 heavy (non-hydrogen) atoms. The first kappa shape index (κ1) is 18.0. The van der Waals surface area contributed by atoms with Gasteiger partial charge in [0, 0.05) is 10.5 Å². The molecule has 0 bridgehead atoms. The van der Waals surface area contributed by atoms with Crippen molar-refractivity contribution in [2.24, 2.45) is 0 Å². The molecule has 0 radical (unpaired) electrons. The lowest BCUT2D eigenvalue weighted by Gasteiger charge is -2.10. The number of rotatable bonds is 4. The smallest absolute Gasteiger partial charge is 0.250 e. The van der Waals surface area contributed by atoms with Crippen molar-refractivity contribution in [3.8, 4) is 11.5 Å². The molecule has 0 saturated carbocycles. The summed E-state index contributed by atoms with van der Waals surface area (Å²) in [5.41, 5.74) is 1.25. The molecule has 3 N–H and O–H groups in total. The van der Waals surface area contributed by atoms with Crippen LogP contribution in [0.2, 0.25) is 0 Å². The lowest BCUT2D eigenvalue weighted by atomic mass is 10.2. The molecule has 0 atom stereocenters. The van der Waals surface area contributed by atoms with Gasteiger partial charge in [-0.25, -0.2) is 0 Å². The number of aromatic hydroxyl groups is 1. The summed E-state index contributed by atoms with van der Waals surface area (Å²) < 4.78 is 5.84. The van der Waals surface area contributed by atoms with Gasteiger partial charge in [-0.1, -0.05) is 28.1 Å². The number of halogens is 1. The zero-order valence-corrected chi connectivity index (χ0v) is 15.1. The van der Waals surface area contributed by atoms with Crippen LogP contribution in [0.1, 0.15) is 5.56 Å². The summed E-state index contributed by atoms with van der Waals surface area (Å²) in [6.45, 7) is 0. The molecule has 1 amide bonds. The first-order chi connectivity index (χ1) is 11.5. The lowest BCUT2D eigenvalue weighted by Crippen LogP contribution is -2.32. The average Bonchev–Trinajstić information content (AvgIpc) is 2.56. The van der Waals surface area contributed by atoms with Crippen LogP contribution < -0.4 is 15.4 Å². The highest BCUT2D eigenvalue weighted by molar-refractivity contribution is 9.10. The first-order valence-corrected chi connectivity index (χ1v) is 8.10. The van der Waals surface area contributed by atoms with E-state index in [1.165, 1.54) is 12.1 Å². The van der Waals surface area contributed by atoms with E-state index in [0.717, 1.165) is 15.8 Å². The van der Waals surface area contributed by atoms with Crippen molar-refractivity contribution in [1.29, 1.82) is 0 Å². The highest BCUT2D eigenvalue weighted by Crippen LogP contribution is 2.26. The van der Waals surface area contributed by atoms with Crippen molar-refractivity contribution in [2.45, 2.75) is 0 Å². The number of hydrogen-bond donors (Lipinski definition) is 3. The molecule has 2 aromatic carbocycles. The second-order valence-corrected chi connectivity index (χ2v) is 6.04. The van der Waals surface area contributed by atoms with Crippen LogP contribution in [0.25, 0.3) is 6.08 Å². The summed E-state index contributed by atoms with van der Waals surface area (Å²) in [6, 6.07) is 12.1. The van der Waals surface area contributed by atoms with Gasteiger partial charge in [0.25, 0.3) is 0 Å². The van der Waals surface area contributed by atoms with Crippen LogP contribution in [-0.2, 0) is 4.79 Å². The Hall–Kier alpha value is -2.38. The zero-order valence-electron chi connectivity index (χ0n) is 12.7. The number of hydrogen-bond acceptors (Lipinski definition) is 4. The van der Waals surface area contributed by atoms with Crippen molar-refractivity contribution in [1.82, 2.24) is 5.32 Å². The second-order valence-electron chi connectivity index (χ2n) is 4.71. The van der Waals surface area contributed by atoms with Gasteiger partial charge in [-0.3, -0.25) is 10.1 Å². The SMILES string of the molecule is COc1ccc(C=CC(=O)NC(=S)Nc2cc(Br)ccc2O)cc1. The van der Waals surface area contributed by atoms with Gasteiger partial charge in [-0.05, 0) is 54.2 Å². The molecule has 0 heterocycles. The average molecular weight is 407 g/mol. The maximum Gasteiger partial charge on any atom is 0.250 e. The third kappa shape index (κ3) is 5.36. The number of benzene rings is 2. The first-order valence-electron chi connectivity index (χ1n) is 6.90. The van der Waals surface area contributed by atoms with Crippen molar-refractivity contribution < 1.29 is 14.6 Å². The van der Waals surface area contributed by atoms with Gasteiger partial charge in [0.05, 0.1) is 12.8 Å². The number of phenols is 1. The largest absolute Gasteiger partial charge is 0.506 e. The fourth-order valence-electron chi connectivity index (χ4n) is 1.80. The Labute approximate surface area is 153 Å². The van der Waals surface area contributed by atoms with Gasteiger partial charge >= 0.3 is 0 Å². The molecular formula is C17H15BrN2O3S. The van der Waals surface area contributed by atoms with E-state index in [4.69, 9.17) is 17.0 Å². The molecular weight excluding hydrogens is 392 g/mol. The molecule has 0 aliphatic rings. The van der Waals surface area contributed by atoms with Crippen molar-refractivity contribution >= 4 is 50.9 Å². The van der Waals surface area contributed by atoms with E-state index in [1.807, 2.05) is 12.1 Å². The van der Waals surface area contributed by atoms with Crippen LogP contribution in [0, 0.1) is 0 Å². The molecule has 124 valence electrons. The van der Waals surface area contributed by atoms with E-state index in [9.17, 15) is 9.90 Å². The number of anilines is 1. The van der Waals surface area contributed by atoms with Crippen molar-refractivity contribution in [3.63, 3.8) is 0 Å². The molecule has 0 aliphatic heterocycles. The number of carbonyl (C=O) groups excluding carboxylic acids is 1. The summed E-state index contributed by atoms with van der Waals surface area (Å²) in [7, 11) is 1.59. The van der Waals surface area contributed by atoms with E-state index in [-0.39, 0.29) is 16.8 Å². The van der Waals surface area contributed by atoms with Crippen LogP contribution in [0.4, 0.5) is 5.69 Å². The van der Waals surface area contributed by atoms with E-state index in [1.54, 1.807) is 37.5 Å². The van der Waals surface area contributed by atoms with E-state index < -0.39 is 0 Å². The third-order valence-corrected chi connectivity index (χ3v) is 3.68. The fourth-order valence-corrected chi connectivity index (χ4v) is 2.37. The summed E-state index contributed by atoms with van der Waals surface area (Å²) in [5.74, 6) is 0.400. The Kier molecular flexibility index (Phi) is 6.34. The van der Waals surface area contributed by atoms with Crippen LogP contribution in [0.5, 0.6) is 11.5 Å². The number of ether oxygens (including phenoxy) is 1. The minimum absolute atomic E-state index is 0.0311. The molecule has 5 nitrogen and oxygen atoms in total. The Morgan fingerprint density at radius 1 is 1.25 bits per heavy atom. The molecule has 2 aromatic rings. The normalized spacial score (nSPS) is 10.4. The van der Waals surface area contributed by atoms with Crippen LogP contribution in [-0.4, -0.2) is 23.2 Å². The Bertz CT molecular complexity index is 776. The van der Waals surface area contributed by atoms with E-state index in [0.29, 0.717) is 5.69 Å². The Morgan fingerprint density at radius 2 is 1.96 bits per heavy atom. The second kappa shape index (κ2) is 8.47. The maximum atomic E-state index is 11.9. The van der Waals surface area contributed by atoms with Crippen LogP contribution >= 0.6 is 28.1 Å². The molecule has 0 aromatic heterocycles. The van der Waals surface area contributed by atoms with E-state index >= 15 is 0 Å². The predicted molar refractivity (Wildman–Crippen MR) is 102 cm³/mol. The van der Waals surface area contributed by atoms with Crippen LogP contribution in [0.3, 0.4) is 0 Å². The highest BCUT2D eigenvalue weighted by atomic mass is 79.9. The number of amides is 1. The molecule has 7 heteroatoms. The number of nitrogens with one attached hydrogen (secondary N) is 2. The molecule has 2 rings (SSSR count). The number of methoxy groups -OCH3 is 1. The maximum absolute atomic E-state index is 11.9. The van der Waals surface area contributed by atoms with Gasteiger partial charge in [0.1, 0.15) is 11.5 Å². The summed E-state index contributed by atoms with van der Waals surface area (Å²) >= 11 is 8.36. The highest BCUT2D eigenvalue weighted by Gasteiger charge is 2.06. The van der Waals surface area contributed by atoms with Gasteiger partial charge < -0.3 is 15.2 Å². The Balaban J connectivity index is 1.92. The van der Waals surface area contributed by atoms with E-state index in [2.05, 4.69) is 26.6 Å². The predicted octanol–water partition coefficient (Wildman–Crippen LogP) is 3.69. The third-order valence-electron chi connectivity index (χ3n) is 2.99. The molecule has 0 saturated heterocycles. The van der Waals surface area contributed by atoms with Crippen molar-refractivity contribution in [3.05, 3.63) is 58.6 Å². The molecule has 0 spiro atoms. The number of phenolic OH excluding ortho intramolecular Hbond substituents is 1. The fraction of sp³-hybridized carbons (Fsp3) is 0.0588. The van der Waals surface area contributed by atoms with Crippen molar-refractivity contribution in [2.75, 3.05) is 12.4 Å². The van der Waals surface area contributed by atoms with Gasteiger partial charge in [0.2, 0.25) is 5.91 Å². The standard InChI is InChI=1S/C17H15BrN2O3S/c1-23-13-6-2-11(3-7-13)4-9-16(22)20-17(24)19-14-10-12(18)5-8-15(14)21/h2-10,21H,1H3,(H2,19,20,22,24). The quantitative estimate of drug-likeness (QED) is 0.410. The monoisotopic (exact) mass is 406 g/mol. The number of carbonyl (C=O) groups is 1. The zero-order chi connectivity index (χ0) is 17.5. The topological polar surface area (TPSA) is 70.6 Å². The minimum atomic E-state index is -0.377. The van der Waals surface area contributed by atoms with Crippen LogP contribution in [0.15, 0.2) is 53.0 Å². The van der Waals surface area contributed by atoms with Gasteiger partial charge in [-0.2, -0.15) is 0 Å². The minimum Gasteiger partial charge on any atom is -0.506 e. The van der Waals surface area contributed by atoms with Gasteiger partial charge in [-0.15, -0.1) is 0 Å². The lowest BCUT2D eigenvalue weighted by molar-refractivity contribution is -0.115.